The van der Waals surface area contributed by atoms with E-state index < -0.39 is 0 Å². The van der Waals surface area contributed by atoms with Crippen molar-refractivity contribution in [3.05, 3.63) is 102 Å². The van der Waals surface area contributed by atoms with Crippen LogP contribution in [0.1, 0.15) is 27.9 Å². The summed E-state index contributed by atoms with van der Waals surface area (Å²) in [7, 11) is 1.55. The zero-order valence-electron chi connectivity index (χ0n) is 19.7. The van der Waals surface area contributed by atoms with Crippen LogP contribution >= 0.6 is 0 Å². The highest BCUT2D eigenvalue weighted by Crippen LogP contribution is 2.24. The molecule has 0 aliphatic heterocycles. The number of para-hydroxylation sites is 2. The van der Waals surface area contributed by atoms with Crippen LogP contribution in [0, 0.1) is 11.3 Å². The minimum absolute atomic E-state index is 0.129. The number of ether oxygens (including phenoxy) is 1. The molecule has 3 aromatic carbocycles. The van der Waals surface area contributed by atoms with E-state index in [9.17, 15) is 9.59 Å². The second kappa shape index (κ2) is 12.7. The minimum Gasteiger partial charge on any atom is -0.495 e. The van der Waals surface area contributed by atoms with Crippen LogP contribution in [-0.4, -0.2) is 36.9 Å². The predicted molar refractivity (Wildman–Crippen MR) is 137 cm³/mol. The number of rotatable bonds is 11. The third kappa shape index (κ3) is 7.56. The van der Waals surface area contributed by atoms with Crippen molar-refractivity contribution in [1.29, 1.82) is 5.26 Å². The van der Waals surface area contributed by atoms with Gasteiger partial charge in [-0.1, -0.05) is 30.3 Å². The first-order chi connectivity index (χ1) is 17.0. The summed E-state index contributed by atoms with van der Waals surface area (Å²) >= 11 is 0. The Kier molecular flexibility index (Phi) is 9.17. The summed E-state index contributed by atoms with van der Waals surface area (Å²) in [6.07, 6.45) is 2.09. The van der Waals surface area contributed by atoms with Crippen molar-refractivity contribution < 1.29 is 14.3 Å². The van der Waals surface area contributed by atoms with Crippen LogP contribution in [0.4, 0.5) is 11.4 Å². The molecule has 0 saturated heterocycles. The van der Waals surface area contributed by atoms with E-state index in [-0.39, 0.29) is 11.8 Å². The maximum Gasteiger partial charge on any atom is 0.255 e. The van der Waals surface area contributed by atoms with Gasteiger partial charge in [0.25, 0.3) is 5.91 Å². The molecular weight excluding hydrogens is 440 g/mol. The third-order valence-electron chi connectivity index (χ3n) is 5.29. The Labute approximate surface area is 205 Å². The van der Waals surface area contributed by atoms with Crippen LogP contribution < -0.4 is 15.4 Å². The van der Waals surface area contributed by atoms with E-state index in [0.717, 1.165) is 5.56 Å². The molecular formula is C28H28N4O3. The van der Waals surface area contributed by atoms with Crippen molar-refractivity contribution in [2.75, 3.05) is 30.8 Å². The maximum absolute atomic E-state index is 12.6. The monoisotopic (exact) mass is 468 g/mol. The molecule has 7 nitrogen and oxygen atoms in total. The molecule has 178 valence electrons. The lowest BCUT2D eigenvalue weighted by Gasteiger charge is -2.20. The van der Waals surface area contributed by atoms with Crippen LogP contribution in [-0.2, 0) is 11.3 Å². The van der Waals surface area contributed by atoms with E-state index in [1.54, 1.807) is 55.7 Å². The predicted octanol–water partition coefficient (Wildman–Crippen LogP) is 4.84. The summed E-state index contributed by atoms with van der Waals surface area (Å²) in [4.78, 5) is 27.2. The van der Waals surface area contributed by atoms with E-state index in [2.05, 4.69) is 28.2 Å². The first-order valence-electron chi connectivity index (χ1n) is 11.2. The molecule has 0 bridgehead atoms. The number of carbonyl (C=O) groups is 2. The summed E-state index contributed by atoms with van der Waals surface area (Å²) < 4.78 is 5.26. The standard InChI is InChI=1S/C28H28N4O3/c1-3-16-32(20-22-8-6-7-21(18-22)19-29)17-15-27(33)30-24-13-11-23(12-14-24)28(34)31-25-9-4-5-10-26(25)35-2/h3-14,18H,1,15-17,20H2,2H3,(H,30,33)(H,31,34). The summed E-state index contributed by atoms with van der Waals surface area (Å²) in [5.41, 5.74) is 3.28. The minimum atomic E-state index is -0.270. The summed E-state index contributed by atoms with van der Waals surface area (Å²) in [5.74, 6) is 0.178. The number of hydrogen-bond donors (Lipinski definition) is 2. The van der Waals surface area contributed by atoms with E-state index in [0.29, 0.717) is 54.3 Å². The first-order valence-corrected chi connectivity index (χ1v) is 11.2. The number of hydrogen-bond acceptors (Lipinski definition) is 5. The van der Waals surface area contributed by atoms with Crippen LogP contribution in [0.5, 0.6) is 5.75 Å². The van der Waals surface area contributed by atoms with Crippen LogP contribution in [0.3, 0.4) is 0 Å². The van der Waals surface area contributed by atoms with Gasteiger partial charge >= 0.3 is 0 Å². The van der Waals surface area contributed by atoms with Gasteiger partial charge in [0.15, 0.2) is 0 Å². The van der Waals surface area contributed by atoms with Crippen molar-refractivity contribution in [2.45, 2.75) is 13.0 Å². The normalized spacial score (nSPS) is 10.3. The number of amides is 2. The number of nitrogens with zero attached hydrogens (tertiary/aromatic N) is 2. The molecule has 0 aliphatic rings. The molecule has 2 amide bonds. The average molecular weight is 469 g/mol. The average Bonchev–Trinajstić information content (AvgIpc) is 2.88. The Morgan fingerprint density at radius 1 is 1.06 bits per heavy atom. The quantitative estimate of drug-likeness (QED) is 0.393. The highest BCUT2D eigenvalue weighted by molar-refractivity contribution is 6.05. The fraction of sp³-hybridized carbons (Fsp3) is 0.179. The fourth-order valence-corrected chi connectivity index (χ4v) is 3.55. The van der Waals surface area contributed by atoms with Crippen LogP contribution in [0.2, 0.25) is 0 Å². The van der Waals surface area contributed by atoms with Crippen molar-refractivity contribution in [2.24, 2.45) is 0 Å². The lowest BCUT2D eigenvalue weighted by molar-refractivity contribution is -0.116. The molecule has 0 unspecified atom stereocenters. The number of carbonyl (C=O) groups excluding carboxylic acids is 2. The Hall–Kier alpha value is -4.41. The lowest BCUT2D eigenvalue weighted by Crippen LogP contribution is -2.28. The van der Waals surface area contributed by atoms with Gasteiger partial charge in [0, 0.05) is 37.3 Å². The van der Waals surface area contributed by atoms with E-state index >= 15 is 0 Å². The van der Waals surface area contributed by atoms with Gasteiger partial charge in [0.05, 0.1) is 24.4 Å². The van der Waals surface area contributed by atoms with Gasteiger partial charge in [0.2, 0.25) is 5.91 Å². The highest BCUT2D eigenvalue weighted by Gasteiger charge is 2.11. The molecule has 35 heavy (non-hydrogen) atoms. The van der Waals surface area contributed by atoms with Crippen molar-refractivity contribution in [3.8, 4) is 11.8 Å². The number of nitrogens with one attached hydrogen (secondary N) is 2. The van der Waals surface area contributed by atoms with Gasteiger partial charge in [-0.2, -0.15) is 5.26 Å². The van der Waals surface area contributed by atoms with Gasteiger partial charge in [-0.25, -0.2) is 0 Å². The zero-order valence-corrected chi connectivity index (χ0v) is 19.7. The van der Waals surface area contributed by atoms with Crippen molar-refractivity contribution >= 4 is 23.2 Å². The number of benzene rings is 3. The fourth-order valence-electron chi connectivity index (χ4n) is 3.55. The Morgan fingerprint density at radius 2 is 1.83 bits per heavy atom. The number of nitriles is 1. The number of anilines is 2. The molecule has 0 spiro atoms. The van der Waals surface area contributed by atoms with Gasteiger partial charge in [-0.05, 0) is 54.1 Å². The summed E-state index contributed by atoms with van der Waals surface area (Å²) in [5, 5.41) is 14.8. The van der Waals surface area contributed by atoms with Crippen molar-refractivity contribution in [3.63, 3.8) is 0 Å². The molecule has 0 atom stereocenters. The topological polar surface area (TPSA) is 94.5 Å². The molecule has 7 heteroatoms. The molecule has 3 rings (SSSR count). The van der Waals surface area contributed by atoms with Crippen LogP contribution in [0.15, 0.2) is 85.5 Å². The smallest absolute Gasteiger partial charge is 0.255 e. The molecule has 0 radical (unpaired) electrons. The molecule has 2 N–H and O–H groups in total. The number of methoxy groups -OCH3 is 1. The van der Waals surface area contributed by atoms with Crippen LogP contribution in [0.25, 0.3) is 0 Å². The lowest BCUT2D eigenvalue weighted by atomic mass is 10.1. The summed E-state index contributed by atoms with van der Waals surface area (Å²) in [6.45, 7) is 5.57. The second-order valence-electron chi connectivity index (χ2n) is 7.87. The Balaban J connectivity index is 1.53. The van der Waals surface area contributed by atoms with Crippen molar-refractivity contribution in [1.82, 2.24) is 4.90 Å². The SMILES string of the molecule is C=CCN(CCC(=O)Nc1ccc(C(=O)Nc2ccccc2OC)cc1)Cc1cccc(C#N)c1. The molecule has 0 aliphatic carbocycles. The van der Waals surface area contributed by atoms with E-state index in [1.165, 1.54) is 0 Å². The second-order valence-corrected chi connectivity index (χ2v) is 7.87. The molecule has 0 aromatic heterocycles. The molecule has 3 aromatic rings. The summed E-state index contributed by atoms with van der Waals surface area (Å²) in [6, 6.07) is 23.5. The van der Waals surface area contributed by atoms with E-state index in [4.69, 9.17) is 10.00 Å². The van der Waals surface area contributed by atoms with Gasteiger partial charge in [-0.3, -0.25) is 14.5 Å². The Morgan fingerprint density at radius 3 is 2.54 bits per heavy atom. The highest BCUT2D eigenvalue weighted by atomic mass is 16.5. The first kappa shape index (κ1) is 25.2. The zero-order chi connectivity index (χ0) is 25.0. The maximum atomic E-state index is 12.6. The van der Waals surface area contributed by atoms with Gasteiger partial charge in [-0.15, -0.1) is 6.58 Å². The van der Waals surface area contributed by atoms with Gasteiger partial charge < -0.3 is 15.4 Å². The molecule has 0 heterocycles. The van der Waals surface area contributed by atoms with Gasteiger partial charge in [0.1, 0.15) is 5.75 Å². The molecule has 0 saturated carbocycles. The largest absolute Gasteiger partial charge is 0.495 e. The molecule has 0 fully saturated rings. The van der Waals surface area contributed by atoms with E-state index in [1.807, 2.05) is 30.3 Å². The third-order valence-corrected chi connectivity index (χ3v) is 5.29. The Bertz CT molecular complexity index is 1220.